The van der Waals surface area contributed by atoms with E-state index in [0.29, 0.717) is 0 Å². The van der Waals surface area contributed by atoms with Crippen LogP contribution in [0.25, 0.3) is 0 Å². The number of furan rings is 1. The average Bonchev–Trinajstić information content (AvgIpc) is 2.84. The van der Waals surface area contributed by atoms with Crippen LogP contribution in [0.4, 0.5) is 0 Å². The summed E-state index contributed by atoms with van der Waals surface area (Å²) in [5.74, 6) is 0.212. The van der Waals surface area contributed by atoms with E-state index in [1.165, 1.54) is 6.42 Å². The van der Waals surface area contributed by atoms with Gasteiger partial charge in [-0.15, -0.1) is 0 Å². The van der Waals surface area contributed by atoms with Crippen molar-refractivity contribution < 1.29 is 13.9 Å². The standard InChI is InChI=1S/C16H20O3/c1-14(2)6-4-7-15(3)11(10-5-8-18-9-10)12(17)13-16(14,15)19-13/h5,8-9,11,13H,4,6-7H2,1-3H3/t11-,13-,15+,16+/m1/s1. The molecule has 0 unspecified atom stereocenters. The van der Waals surface area contributed by atoms with E-state index >= 15 is 0 Å². The molecule has 0 aromatic carbocycles. The fourth-order valence-electron chi connectivity index (χ4n) is 5.20. The highest BCUT2D eigenvalue weighted by Crippen LogP contribution is 2.75. The molecular formula is C16H20O3. The number of epoxide rings is 1. The second kappa shape index (κ2) is 3.14. The minimum Gasteiger partial charge on any atom is -0.472 e. The molecule has 2 heterocycles. The first-order valence-electron chi connectivity index (χ1n) is 7.18. The van der Waals surface area contributed by atoms with E-state index < -0.39 is 0 Å². The summed E-state index contributed by atoms with van der Waals surface area (Å²) < 4.78 is 11.2. The Morgan fingerprint density at radius 1 is 1.26 bits per heavy atom. The number of hydrogen-bond acceptors (Lipinski definition) is 3. The van der Waals surface area contributed by atoms with Crippen LogP contribution in [0.2, 0.25) is 0 Å². The second-order valence-electron chi connectivity index (χ2n) is 7.28. The predicted molar refractivity (Wildman–Crippen MR) is 69.8 cm³/mol. The van der Waals surface area contributed by atoms with Gasteiger partial charge in [0.15, 0.2) is 5.78 Å². The molecule has 0 radical (unpaired) electrons. The minimum absolute atomic E-state index is 0.0513. The lowest BCUT2D eigenvalue weighted by molar-refractivity contribution is -0.127. The molecule has 0 bridgehead atoms. The monoisotopic (exact) mass is 260 g/mol. The summed E-state index contributed by atoms with van der Waals surface area (Å²) in [5, 5.41) is 0. The lowest BCUT2D eigenvalue weighted by Gasteiger charge is -2.49. The van der Waals surface area contributed by atoms with E-state index in [2.05, 4.69) is 20.8 Å². The van der Waals surface area contributed by atoms with Crippen LogP contribution in [-0.2, 0) is 9.53 Å². The molecule has 3 aliphatic rings. The third kappa shape index (κ3) is 1.08. The minimum atomic E-state index is -0.239. The summed E-state index contributed by atoms with van der Waals surface area (Å²) in [7, 11) is 0. The molecule has 2 aliphatic carbocycles. The van der Waals surface area contributed by atoms with Gasteiger partial charge < -0.3 is 9.15 Å². The van der Waals surface area contributed by atoms with Crippen LogP contribution in [0, 0.1) is 10.8 Å². The maximum absolute atomic E-state index is 12.7. The Kier molecular flexibility index (Phi) is 1.94. The lowest BCUT2D eigenvalue weighted by Crippen LogP contribution is -2.50. The molecule has 1 saturated heterocycles. The quantitative estimate of drug-likeness (QED) is 0.728. The van der Waals surface area contributed by atoms with Crippen LogP contribution in [0.5, 0.6) is 0 Å². The Morgan fingerprint density at radius 3 is 2.74 bits per heavy atom. The third-order valence-electron chi connectivity index (χ3n) is 6.02. The Morgan fingerprint density at radius 2 is 2.05 bits per heavy atom. The first kappa shape index (κ1) is 11.7. The average molecular weight is 260 g/mol. The SMILES string of the molecule is CC1(C)CCC[C@@]2(C)[C@H](c3ccoc3)C(=O)[C@H]3O[C@@]312. The molecule has 1 spiro atoms. The molecule has 1 aliphatic heterocycles. The molecule has 0 amide bonds. The first-order valence-corrected chi connectivity index (χ1v) is 7.18. The van der Waals surface area contributed by atoms with Crippen molar-refractivity contribution in [2.45, 2.75) is 57.7 Å². The van der Waals surface area contributed by atoms with Crippen molar-refractivity contribution in [1.82, 2.24) is 0 Å². The summed E-state index contributed by atoms with van der Waals surface area (Å²) in [6.07, 6.45) is 6.58. The Labute approximate surface area is 113 Å². The van der Waals surface area contributed by atoms with Crippen molar-refractivity contribution in [3.63, 3.8) is 0 Å². The van der Waals surface area contributed by atoms with Crippen LogP contribution in [0.15, 0.2) is 23.0 Å². The molecule has 1 aromatic rings. The molecule has 2 saturated carbocycles. The van der Waals surface area contributed by atoms with Gasteiger partial charge in [-0.1, -0.05) is 27.2 Å². The van der Waals surface area contributed by atoms with E-state index in [-0.39, 0.29) is 34.2 Å². The maximum Gasteiger partial charge on any atom is 0.172 e. The summed E-state index contributed by atoms with van der Waals surface area (Å²) in [6, 6.07) is 1.94. The molecule has 19 heavy (non-hydrogen) atoms. The highest BCUT2D eigenvalue weighted by Gasteiger charge is 2.84. The highest BCUT2D eigenvalue weighted by molar-refractivity contribution is 5.98. The van der Waals surface area contributed by atoms with Gasteiger partial charge in [0.2, 0.25) is 0 Å². The highest BCUT2D eigenvalue weighted by atomic mass is 16.6. The van der Waals surface area contributed by atoms with Crippen molar-refractivity contribution in [2.24, 2.45) is 10.8 Å². The number of hydrogen-bond donors (Lipinski definition) is 0. The molecule has 3 heteroatoms. The topological polar surface area (TPSA) is 42.7 Å². The van der Waals surface area contributed by atoms with Crippen LogP contribution in [-0.4, -0.2) is 17.5 Å². The van der Waals surface area contributed by atoms with E-state index in [4.69, 9.17) is 9.15 Å². The fraction of sp³-hybridized carbons (Fsp3) is 0.688. The van der Waals surface area contributed by atoms with E-state index in [0.717, 1.165) is 18.4 Å². The molecule has 102 valence electrons. The first-order chi connectivity index (χ1) is 8.94. The lowest BCUT2D eigenvalue weighted by atomic mass is 9.54. The summed E-state index contributed by atoms with van der Waals surface area (Å²) in [4.78, 5) is 12.7. The zero-order chi connectivity index (χ0) is 13.5. The Balaban J connectivity index is 1.88. The van der Waals surface area contributed by atoms with Gasteiger partial charge in [-0.2, -0.15) is 0 Å². The molecule has 1 aromatic heterocycles. The van der Waals surface area contributed by atoms with Crippen molar-refractivity contribution in [1.29, 1.82) is 0 Å². The summed E-state index contributed by atoms with van der Waals surface area (Å²) >= 11 is 0. The molecule has 3 fully saturated rings. The molecule has 3 nitrogen and oxygen atoms in total. The number of ether oxygens (including phenoxy) is 1. The molecule has 4 rings (SSSR count). The smallest absolute Gasteiger partial charge is 0.172 e. The van der Waals surface area contributed by atoms with Gasteiger partial charge in [0.05, 0.1) is 18.4 Å². The van der Waals surface area contributed by atoms with Crippen molar-refractivity contribution in [3.05, 3.63) is 24.2 Å². The zero-order valence-electron chi connectivity index (χ0n) is 11.7. The number of carbonyl (C=O) groups excluding carboxylic acids is 1. The Bertz CT molecular complexity index is 544. The fourth-order valence-corrected chi connectivity index (χ4v) is 5.20. The van der Waals surface area contributed by atoms with Gasteiger partial charge >= 0.3 is 0 Å². The van der Waals surface area contributed by atoms with Crippen molar-refractivity contribution in [2.75, 3.05) is 0 Å². The van der Waals surface area contributed by atoms with Crippen LogP contribution < -0.4 is 0 Å². The van der Waals surface area contributed by atoms with Crippen LogP contribution in [0.3, 0.4) is 0 Å². The van der Waals surface area contributed by atoms with Gasteiger partial charge in [0.25, 0.3) is 0 Å². The van der Waals surface area contributed by atoms with Gasteiger partial charge in [0, 0.05) is 11.0 Å². The summed E-state index contributed by atoms with van der Waals surface area (Å²) in [5.41, 5.74) is 0.788. The summed E-state index contributed by atoms with van der Waals surface area (Å²) in [6.45, 7) is 6.77. The number of ketones is 1. The van der Waals surface area contributed by atoms with Gasteiger partial charge in [-0.25, -0.2) is 0 Å². The van der Waals surface area contributed by atoms with Crippen molar-refractivity contribution >= 4 is 5.78 Å². The maximum atomic E-state index is 12.7. The van der Waals surface area contributed by atoms with E-state index in [1.807, 2.05) is 6.07 Å². The van der Waals surface area contributed by atoms with Gasteiger partial charge in [-0.05, 0) is 24.3 Å². The van der Waals surface area contributed by atoms with E-state index in [1.54, 1.807) is 12.5 Å². The largest absolute Gasteiger partial charge is 0.472 e. The van der Waals surface area contributed by atoms with Crippen molar-refractivity contribution in [3.8, 4) is 0 Å². The normalized spacial score (nSPS) is 46.8. The van der Waals surface area contributed by atoms with Crippen LogP contribution >= 0.6 is 0 Å². The molecular weight excluding hydrogens is 240 g/mol. The second-order valence-corrected chi connectivity index (χ2v) is 7.28. The zero-order valence-corrected chi connectivity index (χ0v) is 11.7. The third-order valence-corrected chi connectivity index (χ3v) is 6.02. The van der Waals surface area contributed by atoms with Crippen LogP contribution in [0.1, 0.15) is 51.5 Å². The number of carbonyl (C=O) groups is 1. The Hall–Kier alpha value is -1.09. The van der Waals surface area contributed by atoms with Gasteiger partial charge in [0.1, 0.15) is 11.7 Å². The van der Waals surface area contributed by atoms with E-state index in [9.17, 15) is 4.79 Å². The van der Waals surface area contributed by atoms with Gasteiger partial charge in [-0.3, -0.25) is 4.79 Å². The number of Topliss-reactive ketones (excluding diaryl/α,β-unsaturated/α-hetero) is 1. The predicted octanol–water partition coefficient (Wildman–Crippen LogP) is 3.30. The molecule has 4 atom stereocenters. The number of rotatable bonds is 1. The molecule has 0 N–H and O–H groups in total.